The van der Waals surface area contributed by atoms with Crippen molar-refractivity contribution in [2.24, 2.45) is 0 Å². The van der Waals surface area contributed by atoms with Crippen molar-refractivity contribution >= 4 is 12.4 Å². The number of benzene rings is 1. The molecule has 22 heavy (non-hydrogen) atoms. The second-order valence-electron chi connectivity index (χ2n) is 4.89. The first-order valence-corrected chi connectivity index (χ1v) is 6.44. The highest BCUT2D eigenvalue weighted by Gasteiger charge is 2.37. The van der Waals surface area contributed by atoms with E-state index in [1.54, 1.807) is 0 Å². The quantitative estimate of drug-likeness (QED) is 0.665. The summed E-state index contributed by atoms with van der Waals surface area (Å²) in [6, 6.07) is 0.174. The summed E-state index contributed by atoms with van der Waals surface area (Å²) in [5.41, 5.74) is -0.465. The molecule has 1 aromatic rings. The second-order valence-corrected chi connectivity index (χ2v) is 4.89. The van der Waals surface area contributed by atoms with Gasteiger partial charge in [-0.05, 0) is 6.07 Å². The van der Waals surface area contributed by atoms with Crippen molar-refractivity contribution in [3.05, 3.63) is 35.1 Å². The SMILES string of the molecule is Cl.Fc1ccc([C@H](CC(F)(F)F)N2CCNCC2)c(F)c1F. The number of nitrogens with one attached hydrogen (secondary N) is 1. The number of piperazine rings is 1. The molecule has 0 aromatic heterocycles. The minimum atomic E-state index is -4.53. The van der Waals surface area contributed by atoms with Crippen molar-refractivity contribution in [2.45, 2.75) is 18.6 Å². The molecule has 1 saturated heterocycles. The van der Waals surface area contributed by atoms with E-state index < -0.39 is 41.7 Å². The highest BCUT2D eigenvalue weighted by molar-refractivity contribution is 5.85. The molecule has 2 rings (SSSR count). The Morgan fingerprint density at radius 1 is 1.05 bits per heavy atom. The summed E-state index contributed by atoms with van der Waals surface area (Å²) in [5, 5.41) is 2.97. The molecule has 1 aliphatic rings. The van der Waals surface area contributed by atoms with Gasteiger partial charge in [-0.25, -0.2) is 13.2 Å². The van der Waals surface area contributed by atoms with Crippen molar-refractivity contribution in [3.63, 3.8) is 0 Å². The summed E-state index contributed by atoms with van der Waals surface area (Å²) < 4.78 is 78.2. The van der Waals surface area contributed by atoms with Crippen molar-refractivity contribution in [2.75, 3.05) is 26.2 Å². The van der Waals surface area contributed by atoms with Crippen molar-refractivity contribution in [3.8, 4) is 0 Å². The van der Waals surface area contributed by atoms with Gasteiger partial charge in [0.1, 0.15) is 0 Å². The van der Waals surface area contributed by atoms with Gasteiger partial charge in [0.2, 0.25) is 0 Å². The van der Waals surface area contributed by atoms with Crippen LogP contribution in [0.25, 0.3) is 0 Å². The third-order valence-corrected chi connectivity index (χ3v) is 3.44. The molecule has 0 radical (unpaired) electrons. The molecule has 1 N–H and O–H groups in total. The van der Waals surface area contributed by atoms with Crippen LogP contribution in [0, 0.1) is 17.5 Å². The monoisotopic (exact) mass is 348 g/mol. The number of nitrogens with zero attached hydrogens (tertiary/aromatic N) is 1. The molecule has 0 saturated carbocycles. The van der Waals surface area contributed by atoms with Gasteiger partial charge in [-0.2, -0.15) is 13.2 Å². The Bertz CT molecular complexity index is 502. The van der Waals surface area contributed by atoms with E-state index in [1.807, 2.05) is 0 Å². The van der Waals surface area contributed by atoms with E-state index in [1.165, 1.54) is 4.90 Å². The van der Waals surface area contributed by atoms with Gasteiger partial charge in [-0.3, -0.25) is 4.90 Å². The average molecular weight is 349 g/mol. The minimum absolute atomic E-state index is 0. The Morgan fingerprint density at radius 3 is 2.18 bits per heavy atom. The molecule has 1 heterocycles. The van der Waals surface area contributed by atoms with E-state index in [-0.39, 0.29) is 25.5 Å². The summed E-state index contributed by atoms with van der Waals surface area (Å²) in [7, 11) is 0. The zero-order valence-electron chi connectivity index (χ0n) is 11.4. The van der Waals surface area contributed by atoms with Crippen LogP contribution < -0.4 is 5.32 Å². The summed E-state index contributed by atoms with van der Waals surface area (Å²) in [6.45, 7) is 1.47. The summed E-state index contributed by atoms with van der Waals surface area (Å²) >= 11 is 0. The molecule has 1 atom stereocenters. The molecular weight excluding hydrogens is 334 g/mol. The van der Waals surface area contributed by atoms with Crippen LogP contribution in [-0.2, 0) is 0 Å². The maximum Gasteiger partial charge on any atom is 0.390 e. The molecule has 0 spiro atoms. The lowest BCUT2D eigenvalue weighted by Crippen LogP contribution is -2.46. The Balaban J connectivity index is 0.00000242. The maximum absolute atomic E-state index is 13.8. The first kappa shape index (κ1) is 19.1. The van der Waals surface area contributed by atoms with Crippen molar-refractivity contribution in [1.29, 1.82) is 0 Å². The Labute approximate surface area is 129 Å². The van der Waals surface area contributed by atoms with E-state index in [9.17, 15) is 26.3 Å². The maximum atomic E-state index is 13.8. The summed E-state index contributed by atoms with van der Waals surface area (Å²) in [5.74, 6) is -4.71. The van der Waals surface area contributed by atoms with Crippen LogP contribution in [0.1, 0.15) is 18.0 Å². The first-order chi connectivity index (χ1) is 9.79. The normalized spacial score (nSPS) is 17.9. The minimum Gasteiger partial charge on any atom is -0.314 e. The Hall–Kier alpha value is -0.990. The predicted molar refractivity (Wildman–Crippen MR) is 71.4 cm³/mol. The Kier molecular flexibility index (Phi) is 6.51. The number of rotatable bonds is 3. The fourth-order valence-electron chi connectivity index (χ4n) is 2.45. The zero-order valence-corrected chi connectivity index (χ0v) is 12.2. The van der Waals surface area contributed by atoms with Crippen LogP contribution in [0.2, 0.25) is 0 Å². The average Bonchev–Trinajstić information content (AvgIpc) is 2.43. The lowest BCUT2D eigenvalue weighted by atomic mass is 9.99. The molecule has 1 fully saturated rings. The largest absolute Gasteiger partial charge is 0.390 e. The van der Waals surface area contributed by atoms with Crippen LogP contribution in [0.3, 0.4) is 0 Å². The van der Waals surface area contributed by atoms with Crippen LogP contribution in [0.15, 0.2) is 12.1 Å². The van der Waals surface area contributed by atoms with Crippen LogP contribution in [-0.4, -0.2) is 37.3 Å². The molecule has 0 amide bonds. The lowest BCUT2D eigenvalue weighted by Gasteiger charge is -2.35. The number of hydrogen-bond acceptors (Lipinski definition) is 2. The van der Waals surface area contributed by atoms with Gasteiger partial charge in [-0.1, -0.05) is 6.07 Å². The third kappa shape index (κ3) is 4.50. The third-order valence-electron chi connectivity index (χ3n) is 3.44. The molecular formula is C13H15ClF6N2. The van der Waals surface area contributed by atoms with Crippen LogP contribution >= 0.6 is 12.4 Å². The van der Waals surface area contributed by atoms with Crippen LogP contribution in [0.5, 0.6) is 0 Å². The highest BCUT2D eigenvalue weighted by atomic mass is 35.5. The number of hydrogen-bond donors (Lipinski definition) is 1. The zero-order chi connectivity index (χ0) is 15.6. The smallest absolute Gasteiger partial charge is 0.314 e. The lowest BCUT2D eigenvalue weighted by molar-refractivity contribution is -0.149. The fourth-order valence-corrected chi connectivity index (χ4v) is 2.45. The number of alkyl halides is 3. The van der Waals surface area contributed by atoms with Crippen molar-refractivity contribution < 1.29 is 26.3 Å². The molecule has 1 aliphatic heterocycles. The molecule has 1 aromatic carbocycles. The van der Waals surface area contributed by atoms with E-state index in [0.717, 1.165) is 6.07 Å². The fraction of sp³-hybridized carbons (Fsp3) is 0.538. The molecule has 126 valence electrons. The summed E-state index contributed by atoms with van der Waals surface area (Å²) in [4.78, 5) is 1.43. The molecule has 2 nitrogen and oxygen atoms in total. The van der Waals surface area contributed by atoms with E-state index in [0.29, 0.717) is 19.2 Å². The van der Waals surface area contributed by atoms with Gasteiger partial charge in [-0.15, -0.1) is 12.4 Å². The second kappa shape index (κ2) is 7.52. The van der Waals surface area contributed by atoms with Gasteiger partial charge in [0.05, 0.1) is 6.42 Å². The Morgan fingerprint density at radius 2 is 1.64 bits per heavy atom. The van der Waals surface area contributed by atoms with Gasteiger partial charge in [0.25, 0.3) is 0 Å². The van der Waals surface area contributed by atoms with E-state index >= 15 is 0 Å². The predicted octanol–water partition coefficient (Wildman–Crippen LogP) is 3.42. The van der Waals surface area contributed by atoms with Gasteiger partial charge in [0, 0.05) is 37.8 Å². The molecule has 9 heteroatoms. The molecule has 0 aliphatic carbocycles. The first-order valence-electron chi connectivity index (χ1n) is 6.44. The molecule has 0 unspecified atom stereocenters. The van der Waals surface area contributed by atoms with Crippen molar-refractivity contribution in [1.82, 2.24) is 10.2 Å². The van der Waals surface area contributed by atoms with E-state index in [2.05, 4.69) is 5.32 Å². The van der Waals surface area contributed by atoms with Crippen LogP contribution in [0.4, 0.5) is 26.3 Å². The highest BCUT2D eigenvalue weighted by Crippen LogP contribution is 2.35. The van der Waals surface area contributed by atoms with Gasteiger partial charge in [0.15, 0.2) is 17.5 Å². The summed E-state index contributed by atoms with van der Waals surface area (Å²) in [6.07, 6.45) is -5.85. The van der Waals surface area contributed by atoms with Gasteiger partial charge < -0.3 is 5.32 Å². The number of halogens is 7. The van der Waals surface area contributed by atoms with E-state index in [4.69, 9.17) is 0 Å². The topological polar surface area (TPSA) is 15.3 Å². The van der Waals surface area contributed by atoms with Gasteiger partial charge >= 0.3 is 6.18 Å². The standard InChI is InChI=1S/C13H14F6N2.ClH/c14-9-2-1-8(11(15)12(9)16)10(7-13(17,18)19)21-5-3-20-4-6-21;/h1-2,10,20H,3-7H2;1H/t10-;/m0./s1. The molecule has 0 bridgehead atoms.